The molecular formula is C18H19NO3. The molecule has 0 bridgehead atoms. The highest BCUT2D eigenvalue weighted by Crippen LogP contribution is 2.35. The zero-order valence-corrected chi connectivity index (χ0v) is 13.0. The largest absolute Gasteiger partial charge is 0.497 e. The van der Waals surface area contributed by atoms with Crippen LogP contribution in [-0.2, 0) is 6.54 Å². The molecule has 4 heteroatoms. The quantitative estimate of drug-likeness (QED) is 0.861. The topological polar surface area (TPSA) is 30.9 Å². The second-order valence-electron chi connectivity index (χ2n) is 5.04. The highest BCUT2D eigenvalue weighted by molar-refractivity contribution is 5.68. The van der Waals surface area contributed by atoms with Gasteiger partial charge < -0.3 is 19.1 Å². The molecule has 0 atom stereocenters. The summed E-state index contributed by atoms with van der Waals surface area (Å²) in [6.45, 7) is 0.755. The van der Waals surface area contributed by atoms with Gasteiger partial charge in [0, 0.05) is 23.5 Å². The predicted molar refractivity (Wildman–Crippen MR) is 87.8 cm³/mol. The Hall–Kier alpha value is -2.62. The first kappa shape index (κ1) is 14.3. The van der Waals surface area contributed by atoms with Crippen molar-refractivity contribution >= 4 is 11.8 Å². The van der Waals surface area contributed by atoms with Crippen LogP contribution in [0.15, 0.2) is 42.6 Å². The van der Waals surface area contributed by atoms with Crippen LogP contribution in [0, 0.1) is 0 Å². The van der Waals surface area contributed by atoms with E-state index in [1.165, 1.54) is 0 Å². The minimum Gasteiger partial charge on any atom is -0.497 e. The van der Waals surface area contributed by atoms with E-state index in [9.17, 15) is 0 Å². The summed E-state index contributed by atoms with van der Waals surface area (Å²) >= 11 is 0. The van der Waals surface area contributed by atoms with Crippen LogP contribution in [-0.4, -0.2) is 21.3 Å². The third-order valence-electron chi connectivity index (χ3n) is 3.84. The Labute approximate surface area is 130 Å². The summed E-state index contributed by atoms with van der Waals surface area (Å²) in [5, 5.41) is 0. The van der Waals surface area contributed by atoms with Crippen LogP contribution in [0.2, 0.25) is 0 Å². The summed E-state index contributed by atoms with van der Waals surface area (Å²) in [5.41, 5.74) is 3.39. The van der Waals surface area contributed by atoms with E-state index in [1.54, 1.807) is 21.3 Å². The molecule has 0 saturated carbocycles. The number of hydrogen-bond donors (Lipinski definition) is 0. The molecule has 1 aliphatic rings. The lowest BCUT2D eigenvalue weighted by Crippen LogP contribution is -2.19. The number of nitrogens with zero attached hydrogens (tertiary/aromatic N) is 1. The lowest BCUT2D eigenvalue weighted by Gasteiger charge is -2.27. The van der Waals surface area contributed by atoms with E-state index >= 15 is 0 Å². The normalized spacial score (nSPS) is 12.8. The van der Waals surface area contributed by atoms with Crippen molar-refractivity contribution in [2.75, 3.05) is 26.2 Å². The van der Waals surface area contributed by atoms with Gasteiger partial charge in [-0.1, -0.05) is 0 Å². The Morgan fingerprint density at radius 2 is 1.59 bits per heavy atom. The number of benzene rings is 2. The summed E-state index contributed by atoms with van der Waals surface area (Å²) in [7, 11) is 5.02. The van der Waals surface area contributed by atoms with Crippen LogP contribution in [0.3, 0.4) is 0 Å². The van der Waals surface area contributed by atoms with E-state index in [1.807, 2.05) is 36.4 Å². The molecule has 0 fully saturated rings. The molecule has 1 heterocycles. The van der Waals surface area contributed by atoms with Crippen molar-refractivity contribution in [3.8, 4) is 17.2 Å². The Balaban J connectivity index is 1.93. The van der Waals surface area contributed by atoms with Gasteiger partial charge in [0.25, 0.3) is 0 Å². The third kappa shape index (κ3) is 2.60. The van der Waals surface area contributed by atoms with E-state index in [2.05, 4.69) is 17.2 Å². The van der Waals surface area contributed by atoms with Gasteiger partial charge in [0.1, 0.15) is 17.2 Å². The Morgan fingerprint density at radius 1 is 0.864 bits per heavy atom. The fourth-order valence-electron chi connectivity index (χ4n) is 2.60. The van der Waals surface area contributed by atoms with Gasteiger partial charge in [0.2, 0.25) is 0 Å². The van der Waals surface area contributed by atoms with Gasteiger partial charge in [-0.2, -0.15) is 0 Å². The highest BCUT2D eigenvalue weighted by atomic mass is 16.5. The van der Waals surface area contributed by atoms with Crippen LogP contribution >= 0.6 is 0 Å². The van der Waals surface area contributed by atoms with Crippen molar-refractivity contribution in [3.05, 3.63) is 53.7 Å². The maximum Gasteiger partial charge on any atom is 0.128 e. The summed E-state index contributed by atoms with van der Waals surface area (Å²) in [4.78, 5) is 2.18. The van der Waals surface area contributed by atoms with Crippen LogP contribution < -0.4 is 19.1 Å². The first-order valence-electron chi connectivity index (χ1n) is 7.09. The predicted octanol–water partition coefficient (Wildman–Crippen LogP) is 3.70. The van der Waals surface area contributed by atoms with Gasteiger partial charge >= 0.3 is 0 Å². The lowest BCUT2D eigenvalue weighted by molar-refractivity contribution is 0.390. The van der Waals surface area contributed by atoms with Crippen molar-refractivity contribution in [2.45, 2.75) is 6.54 Å². The first-order chi connectivity index (χ1) is 10.7. The summed E-state index contributed by atoms with van der Waals surface area (Å²) < 4.78 is 16.0. The molecule has 2 aromatic rings. The maximum atomic E-state index is 5.52. The van der Waals surface area contributed by atoms with Gasteiger partial charge in [0.05, 0.1) is 27.9 Å². The molecule has 114 valence electrons. The molecule has 3 rings (SSSR count). The van der Waals surface area contributed by atoms with Crippen LogP contribution in [0.1, 0.15) is 11.1 Å². The van der Waals surface area contributed by atoms with Gasteiger partial charge in [-0.05, 0) is 42.0 Å². The molecule has 0 radical (unpaired) electrons. The molecule has 2 aromatic carbocycles. The molecule has 1 aliphatic heterocycles. The maximum absolute atomic E-state index is 5.52. The molecule has 0 aliphatic carbocycles. The van der Waals surface area contributed by atoms with Gasteiger partial charge in [-0.25, -0.2) is 0 Å². The van der Waals surface area contributed by atoms with Crippen molar-refractivity contribution in [2.24, 2.45) is 0 Å². The van der Waals surface area contributed by atoms with Crippen molar-refractivity contribution < 1.29 is 14.2 Å². The number of rotatable bonds is 4. The van der Waals surface area contributed by atoms with Gasteiger partial charge in [-0.15, -0.1) is 0 Å². The highest BCUT2D eigenvalue weighted by Gasteiger charge is 2.18. The zero-order chi connectivity index (χ0) is 15.5. The average molecular weight is 297 g/mol. The Kier molecular flexibility index (Phi) is 3.92. The molecule has 0 aromatic heterocycles. The van der Waals surface area contributed by atoms with Crippen LogP contribution in [0.5, 0.6) is 17.2 Å². The molecule has 0 spiro atoms. The van der Waals surface area contributed by atoms with Gasteiger partial charge in [-0.3, -0.25) is 0 Å². The summed E-state index contributed by atoms with van der Waals surface area (Å²) in [6.07, 6.45) is 4.15. The van der Waals surface area contributed by atoms with E-state index in [4.69, 9.17) is 14.2 Å². The molecule has 0 unspecified atom stereocenters. The fourth-order valence-corrected chi connectivity index (χ4v) is 2.60. The standard InChI is InChI=1S/C18H19NO3/c1-20-15-6-4-14(5-7-15)19-9-8-13-10-16(21-2)11-18(22-3)17(13)12-19/h4-11H,12H2,1-3H3. The zero-order valence-electron chi connectivity index (χ0n) is 13.0. The van der Waals surface area contributed by atoms with Gasteiger partial charge in [0.15, 0.2) is 0 Å². The number of anilines is 1. The van der Waals surface area contributed by atoms with Crippen molar-refractivity contribution in [3.63, 3.8) is 0 Å². The monoisotopic (exact) mass is 297 g/mol. The van der Waals surface area contributed by atoms with E-state index in [-0.39, 0.29) is 0 Å². The second kappa shape index (κ2) is 6.02. The average Bonchev–Trinajstić information content (AvgIpc) is 2.60. The molecule has 22 heavy (non-hydrogen) atoms. The molecule has 0 saturated heterocycles. The summed E-state index contributed by atoms with van der Waals surface area (Å²) in [6, 6.07) is 12.0. The van der Waals surface area contributed by atoms with E-state index < -0.39 is 0 Å². The SMILES string of the molecule is COc1ccc(N2C=Cc3cc(OC)cc(OC)c3C2)cc1. The van der Waals surface area contributed by atoms with Crippen LogP contribution in [0.4, 0.5) is 5.69 Å². The molecule has 0 N–H and O–H groups in total. The Morgan fingerprint density at radius 3 is 2.23 bits per heavy atom. The molecular weight excluding hydrogens is 278 g/mol. The van der Waals surface area contributed by atoms with Crippen molar-refractivity contribution in [1.82, 2.24) is 0 Å². The van der Waals surface area contributed by atoms with Crippen LogP contribution in [0.25, 0.3) is 6.08 Å². The second-order valence-corrected chi connectivity index (χ2v) is 5.04. The number of hydrogen-bond acceptors (Lipinski definition) is 4. The number of fused-ring (bicyclic) bond motifs is 1. The minimum absolute atomic E-state index is 0.755. The first-order valence-corrected chi connectivity index (χ1v) is 7.09. The summed E-state index contributed by atoms with van der Waals surface area (Å²) in [5.74, 6) is 2.50. The lowest BCUT2D eigenvalue weighted by atomic mass is 10.0. The van der Waals surface area contributed by atoms with E-state index in [0.29, 0.717) is 0 Å². The van der Waals surface area contributed by atoms with Crippen molar-refractivity contribution in [1.29, 1.82) is 0 Å². The Bertz CT molecular complexity index is 692. The minimum atomic E-state index is 0.755. The molecule has 4 nitrogen and oxygen atoms in total. The smallest absolute Gasteiger partial charge is 0.128 e. The fraction of sp³-hybridized carbons (Fsp3) is 0.222. The van der Waals surface area contributed by atoms with E-state index in [0.717, 1.165) is 40.6 Å². The molecule has 0 amide bonds. The third-order valence-corrected chi connectivity index (χ3v) is 3.84. The number of methoxy groups -OCH3 is 3. The number of ether oxygens (including phenoxy) is 3.